The normalized spacial score (nSPS) is 26.9. The Balaban J connectivity index is 1.30. The van der Waals surface area contributed by atoms with E-state index in [9.17, 15) is 4.79 Å². The van der Waals surface area contributed by atoms with Gasteiger partial charge in [-0.1, -0.05) is 5.21 Å². The van der Waals surface area contributed by atoms with Crippen LogP contribution in [0.25, 0.3) is 0 Å². The van der Waals surface area contributed by atoms with Crippen molar-refractivity contribution in [3.63, 3.8) is 0 Å². The first-order chi connectivity index (χ1) is 13.1. The van der Waals surface area contributed by atoms with Crippen LogP contribution >= 0.6 is 0 Å². The van der Waals surface area contributed by atoms with Crippen LogP contribution in [0.3, 0.4) is 0 Å². The molecule has 5 atom stereocenters. The number of benzene rings is 1. The summed E-state index contributed by atoms with van der Waals surface area (Å²) in [4.78, 5) is 12.4. The molecule has 0 bridgehead atoms. The van der Waals surface area contributed by atoms with Crippen LogP contribution in [0.4, 0.5) is 0 Å². The van der Waals surface area contributed by atoms with E-state index in [1.165, 1.54) is 0 Å². The Kier molecular flexibility index (Phi) is 4.66. The van der Waals surface area contributed by atoms with E-state index in [1.54, 1.807) is 31.4 Å². The zero-order valence-corrected chi connectivity index (χ0v) is 15.5. The van der Waals surface area contributed by atoms with Gasteiger partial charge in [0.25, 0.3) is 5.91 Å². The molecule has 2 aromatic rings. The highest BCUT2D eigenvalue weighted by Gasteiger charge is 2.58. The zero-order chi connectivity index (χ0) is 19.0. The average molecular weight is 365 g/mol. The quantitative estimate of drug-likeness (QED) is 0.848. The zero-order valence-electron chi connectivity index (χ0n) is 15.5. The Hall–Kier alpha value is -2.72. The first-order valence-corrected chi connectivity index (χ1v) is 9.31. The number of rotatable bonds is 6. The summed E-state index contributed by atoms with van der Waals surface area (Å²) in [5.41, 5.74) is 2.01. The van der Waals surface area contributed by atoms with E-state index in [2.05, 4.69) is 28.6 Å². The van der Waals surface area contributed by atoms with Gasteiger partial charge < -0.3 is 10.1 Å². The predicted octanol–water partition coefficient (Wildman–Crippen LogP) is 2.31. The van der Waals surface area contributed by atoms with Gasteiger partial charge >= 0.3 is 0 Å². The molecule has 0 saturated heterocycles. The summed E-state index contributed by atoms with van der Waals surface area (Å²) in [6.45, 7) is 2.58. The molecule has 1 aromatic carbocycles. The standard InChI is InChI=1S/C20H23N5O2/c1-12(22-20(26)14-5-3-13(9-21)4-6-14)19-17-7-16(8-18(17)19)25-10-15(11-27-2)23-24-25/h3-6,10,12,16-19H,7-8,11H2,1-2H3,(H,22,26)/t12?,16-,17-,18+,19+. The highest BCUT2D eigenvalue weighted by atomic mass is 16.5. The molecule has 2 saturated carbocycles. The van der Waals surface area contributed by atoms with E-state index in [4.69, 9.17) is 10.00 Å². The smallest absolute Gasteiger partial charge is 0.251 e. The third-order valence-corrected chi connectivity index (χ3v) is 5.92. The fourth-order valence-corrected chi connectivity index (χ4v) is 4.61. The van der Waals surface area contributed by atoms with Crippen LogP contribution in [0.2, 0.25) is 0 Å². The van der Waals surface area contributed by atoms with Crippen molar-refractivity contribution in [3.05, 3.63) is 47.3 Å². The number of aromatic nitrogens is 3. The molecule has 4 rings (SSSR count). The molecule has 1 N–H and O–H groups in total. The maximum absolute atomic E-state index is 12.4. The molecule has 1 amide bonds. The van der Waals surface area contributed by atoms with Crippen LogP contribution in [-0.4, -0.2) is 34.1 Å². The van der Waals surface area contributed by atoms with Gasteiger partial charge in [0.2, 0.25) is 0 Å². The Labute approximate surface area is 158 Å². The second kappa shape index (κ2) is 7.12. The summed E-state index contributed by atoms with van der Waals surface area (Å²) >= 11 is 0. The van der Waals surface area contributed by atoms with Gasteiger partial charge in [-0.2, -0.15) is 5.26 Å². The minimum absolute atomic E-state index is 0.0750. The van der Waals surface area contributed by atoms with Crippen LogP contribution in [0, 0.1) is 29.1 Å². The number of nitrogens with one attached hydrogen (secondary N) is 1. The van der Waals surface area contributed by atoms with Crippen LogP contribution in [-0.2, 0) is 11.3 Å². The molecule has 27 heavy (non-hydrogen) atoms. The van der Waals surface area contributed by atoms with Crippen molar-refractivity contribution in [2.24, 2.45) is 17.8 Å². The Morgan fingerprint density at radius 3 is 2.70 bits per heavy atom. The highest BCUT2D eigenvalue weighted by molar-refractivity contribution is 5.94. The van der Waals surface area contributed by atoms with E-state index < -0.39 is 0 Å². The lowest BCUT2D eigenvalue weighted by molar-refractivity contribution is 0.0932. The molecule has 1 unspecified atom stereocenters. The Bertz CT molecular complexity index is 857. The van der Waals surface area contributed by atoms with Crippen molar-refractivity contribution in [2.75, 3.05) is 7.11 Å². The summed E-state index contributed by atoms with van der Waals surface area (Å²) < 4.78 is 7.07. The number of carbonyl (C=O) groups is 1. The number of methoxy groups -OCH3 is 1. The number of nitrogens with zero attached hydrogens (tertiary/aromatic N) is 4. The van der Waals surface area contributed by atoms with Crippen molar-refractivity contribution in [2.45, 2.75) is 38.5 Å². The molecule has 2 aliphatic carbocycles. The molecule has 7 heteroatoms. The van der Waals surface area contributed by atoms with Crippen molar-refractivity contribution < 1.29 is 9.53 Å². The number of fused-ring (bicyclic) bond motifs is 1. The molecule has 2 aliphatic rings. The Morgan fingerprint density at radius 1 is 1.37 bits per heavy atom. The van der Waals surface area contributed by atoms with E-state index >= 15 is 0 Å². The van der Waals surface area contributed by atoms with Crippen LogP contribution in [0.15, 0.2) is 30.5 Å². The maximum atomic E-state index is 12.4. The van der Waals surface area contributed by atoms with E-state index in [0.29, 0.717) is 41.5 Å². The lowest BCUT2D eigenvalue weighted by atomic mass is 10.0. The van der Waals surface area contributed by atoms with Gasteiger partial charge in [0.15, 0.2) is 0 Å². The van der Waals surface area contributed by atoms with Gasteiger partial charge in [0.05, 0.1) is 30.5 Å². The van der Waals surface area contributed by atoms with Gasteiger partial charge in [0.1, 0.15) is 5.69 Å². The second-order valence-electron chi connectivity index (χ2n) is 7.60. The fraction of sp³-hybridized carbons (Fsp3) is 0.500. The second-order valence-corrected chi connectivity index (χ2v) is 7.60. The number of carbonyl (C=O) groups excluding carboxylic acids is 1. The molecule has 1 aromatic heterocycles. The topological polar surface area (TPSA) is 92.8 Å². The minimum Gasteiger partial charge on any atom is -0.378 e. The van der Waals surface area contributed by atoms with Gasteiger partial charge in [-0.15, -0.1) is 5.10 Å². The summed E-state index contributed by atoms with van der Waals surface area (Å²) in [6, 6.07) is 9.35. The van der Waals surface area contributed by atoms with Crippen molar-refractivity contribution in [3.8, 4) is 6.07 Å². The predicted molar refractivity (Wildman–Crippen MR) is 97.6 cm³/mol. The third-order valence-electron chi connectivity index (χ3n) is 5.92. The number of ether oxygens (including phenoxy) is 1. The number of hydrogen-bond acceptors (Lipinski definition) is 5. The van der Waals surface area contributed by atoms with Gasteiger partial charge in [-0.3, -0.25) is 4.79 Å². The average Bonchev–Trinajstić information content (AvgIpc) is 3.02. The highest BCUT2D eigenvalue weighted by Crippen LogP contribution is 2.62. The lowest BCUT2D eigenvalue weighted by Crippen LogP contribution is -2.35. The summed E-state index contributed by atoms with van der Waals surface area (Å²) in [5.74, 6) is 1.74. The SMILES string of the molecule is COCc1cn([C@@H]2C[C@@H]3[C@H](C2)[C@H]3C(C)NC(=O)c2ccc(C#N)cc2)nn1. The van der Waals surface area contributed by atoms with Gasteiger partial charge in [-0.05, 0) is 61.8 Å². The lowest BCUT2D eigenvalue weighted by Gasteiger charge is -2.19. The number of hydrogen-bond donors (Lipinski definition) is 1. The molecule has 0 radical (unpaired) electrons. The van der Waals surface area contributed by atoms with Crippen LogP contribution < -0.4 is 5.32 Å². The van der Waals surface area contributed by atoms with Gasteiger partial charge in [0, 0.05) is 18.7 Å². The van der Waals surface area contributed by atoms with E-state index in [0.717, 1.165) is 18.5 Å². The van der Waals surface area contributed by atoms with Crippen molar-refractivity contribution in [1.29, 1.82) is 5.26 Å². The van der Waals surface area contributed by atoms with E-state index in [-0.39, 0.29) is 11.9 Å². The van der Waals surface area contributed by atoms with Crippen molar-refractivity contribution in [1.82, 2.24) is 20.3 Å². The molecule has 140 valence electrons. The Morgan fingerprint density at radius 2 is 2.07 bits per heavy atom. The molecular formula is C20H23N5O2. The molecule has 7 nitrogen and oxygen atoms in total. The minimum atomic E-state index is -0.0750. The maximum Gasteiger partial charge on any atom is 0.251 e. The fourth-order valence-electron chi connectivity index (χ4n) is 4.61. The first kappa shape index (κ1) is 17.7. The number of nitriles is 1. The van der Waals surface area contributed by atoms with Crippen molar-refractivity contribution >= 4 is 5.91 Å². The summed E-state index contributed by atoms with van der Waals surface area (Å²) in [6.07, 6.45) is 4.15. The largest absolute Gasteiger partial charge is 0.378 e. The molecular weight excluding hydrogens is 342 g/mol. The monoisotopic (exact) mass is 365 g/mol. The molecule has 0 aliphatic heterocycles. The van der Waals surface area contributed by atoms with Crippen LogP contribution in [0.1, 0.15) is 47.4 Å². The third kappa shape index (κ3) is 3.45. The molecule has 2 fully saturated rings. The first-order valence-electron chi connectivity index (χ1n) is 9.31. The van der Waals surface area contributed by atoms with E-state index in [1.807, 2.05) is 10.9 Å². The van der Waals surface area contributed by atoms with Gasteiger partial charge in [-0.25, -0.2) is 4.68 Å². The molecule has 1 heterocycles. The summed E-state index contributed by atoms with van der Waals surface area (Å²) in [7, 11) is 1.65. The molecule has 0 spiro atoms. The van der Waals surface area contributed by atoms with Crippen LogP contribution in [0.5, 0.6) is 0 Å². The summed E-state index contributed by atoms with van der Waals surface area (Å²) in [5, 5.41) is 20.4. The number of amides is 1.